The lowest BCUT2D eigenvalue weighted by atomic mass is 10.0. The van der Waals surface area contributed by atoms with Crippen LogP contribution in [0.1, 0.15) is 31.5 Å². The van der Waals surface area contributed by atoms with Crippen LogP contribution >= 0.6 is 0 Å². The zero-order chi connectivity index (χ0) is 17.6. The number of anilines is 1. The monoisotopic (exact) mass is 344 g/mol. The lowest BCUT2D eigenvalue weighted by Crippen LogP contribution is -2.33. The third-order valence-corrected chi connectivity index (χ3v) is 4.34. The highest BCUT2D eigenvalue weighted by molar-refractivity contribution is 5.89. The second-order valence-electron chi connectivity index (χ2n) is 6.26. The molecule has 1 aromatic carbocycles. The Kier molecular flexibility index (Phi) is 5.53. The molecule has 2 amide bonds. The summed E-state index contributed by atoms with van der Waals surface area (Å²) < 4.78 is 10.4. The van der Waals surface area contributed by atoms with Crippen LogP contribution in [0.15, 0.2) is 28.8 Å². The molecule has 0 saturated carbocycles. The minimum atomic E-state index is -0.0536. The Balaban J connectivity index is 1.45. The van der Waals surface area contributed by atoms with E-state index in [9.17, 15) is 4.79 Å². The molecule has 2 heterocycles. The van der Waals surface area contributed by atoms with Gasteiger partial charge >= 0.3 is 6.03 Å². The number of carbonyl (C=O) groups excluding carboxylic acids is 1. The number of ether oxygens (including phenoxy) is 1. The number of urea groups is 1. The zero-order valence-electron chi connectivity index (χ0n) is 14.7. The highest BCUT2D eigenvalue weighted by Gasteiger charge is 2.26. The van der Waals surface area contributed by atoms with Crippen molar-refractivity contribution in [1.82, 2.24) is 15.0 Å². The molecule has 1 aromatic heterocycles. The van der Waals surface area contributed by atoms with E-state index < -0.39 is 0 Å². The minimum Gasteiger partial charge on any atom is -0.494 e. The van der Waals surface area contributed by atoms with Gasteiger partial charge in [0.25, 0.3) is 0 Å². The molecule has 2 aromatic rings. The number of aryl methyl sites for hydroxylation is 2. The molecule has 134 valence electrons. The van der Waals surface area contributed by atoms with Crippen LogP contribution in [0.4, 0.5) is 10.5 Å². The molecule has 1 aliphatic heterocycles. The molecule has 7 nitrogen and oxygen atoms in total. The van der Waals surface area contributed by atoms with Crippen LogP contribution in [0.25, 0.3) is 0 Å². The fourth-order valence-corrected chi connectivity index (χ4v) is 3.03. The number of nitrogens with zero attached hydrogens (tertiary/aromatic N) is 3. The average Bonchev–Trinajstić information content (AvgIpc) is 3.24. The first-order chi connectivity index (χ1) is 12.1. The number of hydrogen-bond acceptors (Lipinski definition) is 5. The smallest absolute Gasteiger partial charge is 0.321 e. The first-order valence-corrected chi connectivity index (χ1v) is 8.72. The molecule has 1 atom stereocenters. The van der Waals surface area contributed by atoms with Crippen molar-refractivity contribution in [3.63, 3.8) is 0 Å². The van der Waals surface area contributed by atoms with Gasteiger partial charge in [0.15, 0.2) is 5.82 Å². The van der Waals surface area contributed by atoms with E-state index in [-0.39, 0.29) is 6.03 Å². The van der Waals surface area contributed by atoms with Crippen LogP contribution in [0, 0.1) is 12.8 Å². The number of amides is 2. The first kappa shape index (κ1) is 17.3. The van der Waals surface area contributed by atoms with Gasteiger partial charge in [-0.05, 0) is 49.9 Å². The second-order valence-corrected chi connectivity index (χ2v) is 6.26. The summed E-state index contributed by atoms with van der Waals surface area (Å²) in [6.45, 7) is 5.90. The summed E-state index contributed by atoms with van der Waals surface area (Å²) in [6, 6.07) is 7.38. The maximum absolute atomic E-state index is 12.4. The number of hydrogen-bond donors (Lipinski definition) is 1. The molecule has 7 heteroatoms. The molecule has 1 fully saturated rings. The highest BCUT2D eigenvalue weighted by atomic mass is 16.5. The second kappa shape index (κ2) is 8.00. The van der Waals surface area contributed by atoms with Gasteiger partial charge in [0, 0.05) is 32.1 Å². The van der Waals surface area contributed by atoms with Crippen molar-refractivity contribution in [3.05, 3.63) is 36.0 Å². The standard InChI is InChI=1S/C18H24N4O3/c1-3-24-16-7-5-15(6-8-16)20-18(23)22-11-10-14(12-22)4-9-17-19-13(2)25-21-17/h5-8,14H,3-4,9-12H2,1-2H3,(H,20,23). The maximum atomic E-state index is 12.4. The van der Waals surface area contributed by atoms with Crippen molar-refractivity contribution in [2.75, 3.05) is 25.0 Å². The van der Waals surface area contributed by atoms with Crippen LogP contribution in [0.2, 0.25) is 0 Å². The average molecular weight is 344 g/mol. The van der Waals surface area contributed by atoms with E-state index in [0.29, 0.717) is 18.4 Å². The predicted octanol–water partition coefficient (Wildman–Crippen LogP) is 3.26. The van der Waals surface area contributed by atoms with Crippen molar-refractivity contribution in [1.29, 1.82) is 0 Å². The van der Waals surface area contributed by atoms with Gasteiger partial charge in [-0.2, -0.15) is 4.98 Å². The number of likely N-dealkylation sites (tertiary alicyclic amines) is 1. The Hall–Kier alpha value is -2.57. The van der Waals surface area contributed by atoms with Crippen molar-refractivity contribution in [2.45, 2.75) is 33.1 Å². The van der Waals surface area contributed by atoms with Gasteiger partial charge in [0.05, 0.1) is 6.61 Å². The summed E-state index contributed by atoms with van der Waals surface area (Å²) in [5, 5.41) is 6.86. The molecule has 1 aliphatic rings. The Morgan fingerprint density at radius 1 is 1.40 bits per heavy atom. The lowest BCUT2D eigenvalue weighted by molar-refractivity contribution is 0.220. The normalized spacial score (nSPS) is 16.9. The Morgan fingerprint density at radius 3 is 2.88 bits per heavy atom. The van der Waals surface area contributed by atoms with Gasteiger partial charge in [-0.15, -0.1) is 0 Å². The SMILES string of the molecule is CCOc1ccc(NC(=O)N2CCC(CCc3noc(C)n3)C2)cc1. The molecular formula is C18H24N4O3. The topological polar surface area (TPSA) is 80.5 Å². The summed E-state index contributed by atoms with van der Waals surface area (Å²) >= 11 is 0. The third-order valence-electron chi connectivity index (χ3n) is 4.34. The van der Waals surface area contributed by atoms with E-state index >= 15 is 0 Å². The van der Waals surface area contributed by atoms with Crippen molar-refractivity contribution < 1.29 is 14.1 Å². The lowest BCUT2D eigenvalue weighted by Gasteiger charge is -2.17. The van der Waals surface area contributed by atoms with Gasteiger partial charge in [0.2, 0.25) is 5.89 Å². The number of rotatable bonds is 6. The molecule has 25 heavy (non-hydrogen) atoms. The zero-order valence-corrected chi connectivity index (χ0v) is 14.7. The van der Waals surface area contributed by atoms with E-state index in [0.717, 1.165) is 49.6 Å². The fourth-order valence-electron chi connectivity index (χ4n) is 3.03. The van der Waals surface area contributed by atoms with Gasteiger partial charge in [-0.3, -0.25) is 0 Å². The number of aromatic nitrogens is 2. The van der Waals surface area contributed by atoms with Crippen molar-refractivity contribution in [3.8, 4) is 5.75 Å². The Labute approximate surface area is 147 Å². The van der Waals surface area contributed by atoms with E-state index in [4.69, 9.17) is 9.26 Å². The largest absolute Gasteiger partial charge is 0.494 e. The van der Waals surface area contributed by atoms with Crippen molar-refractivity contribution >= 4 is 11.7 Å². The van der Waals surface area contributed by atoms with E-state index in [1.165, 1.54) is 0 Å². The summed E-state index contributed by atoms with van der Waals surface area (Å²) in [7, 11) is 0. The van der Waals surface area contributed by atoms with Crippen LogP contribution in [0.5, 0.6) is 5.75 Å². The number of benzene rings is 1. The summed E-state index contributed by atoms with van der Waals surface area (Å²) in [4.78, 5) is 18.5. The molecule has 1 saturated heterocycles. The van der Waals surface area contributed by atoms with Crippen LogP contribution < -0.4 is 10.1 Å². The van der Waals surface area contributed by atoms with E-state index in [1.54, 1.807) is 6.92 Å². The first-order valence-electron chi connectivity index (χ1n) is 8.72. The molecular weight excluding hydrogens is 320 g/mol. The summed E-state index contributed by atoms with van der Waals surface area (Å²) in [5.74, 6) is 2.62. The molecule has 0 bridgehead atoms. The number of nitrogens with one attached hydrogen (secondary N) is 1. The van der Waals surface area contributed by atoms with E-state index in [1.807, 2.05) is 36.1 Å². The van der Waals surface area contributed by atoms with Gasteiger partial charge in [-0.25, -0.2) is 4.79 Å². The summed E-state index contributed by atoms with van der Waals surface area (Å²) in [6.07, 6.45) is 2.76. The quantitative estimate of drug-likeness (QED) is 0.870. The third kappa shape index (κ3) is 4.71. The molecule has 0 spiro atoms. The van der Waals surface area contributed by atoms with E-state index in [2.05, 4.69) is 15.5 Å². The van der Waals surface area contributed by atoms with Crippen LogP contribution in [-0.2, 0) is 6.42 Å². The maximum Gasteiger partial charge on any atom is 0.321 e. The number of carbonyl (C=O) groups is 1. The molecule has 1 N–H and O–H groups in total. The van der Waals surface area contributed by atoms with Gasteiger partial charge in [0.1, 0.15) is 5.75 Å². The van der Waals surface area contributed by atoms with Crippen LogP contribution in [-0.4, -0.2) is 40.8 Å². The molecule has 0 aliphatic carbocycles. The molecule has 0 radical (unpaired) electrons. The van der Waals surface area contributed by atoms with Crippen LogP contribution in [0.3, 0.4) is 0 Å². The minimum absolute atomic E-state index is 0.0536. The van der Waals surface area contributed by atoms with Crippen molar-refractivity contribution in [2.24, 2.45) is 5.92 Å². The summed E-state index contributed by atoms with van der Waals surface area (Å²) in [5.41, 5.74) is 0.777. The van der Waals surface area contributed by atoms with Gasteiger partial charge < -0.3 is 19.5 Å². The highest BCUT2D eigenvalue weighted by Crippen LogP contribution is 2.22. The Morgan fingerprint density at radius 2 is 2.20 bits per heavy atom. The van der Waals surface area contributed by atoms with Gasteiger partial charge in [-0.1, -0.05) is 5.16 Å². The predicted molar refractivity (Wildman–Crippen MR) is 93.7 cm³/mol. The molecule has 3 rings (SSSR count). The molecule has 1 unspecified atom stereocenters. The Bertz CT molecular complexity index is 699. The fraction of sp³-hybridized carbons (Fsp3) is 0.500.